The van der Waals surface area contributed by atoms with Gasteiger partial charge in [0.2, 0.25) is 0 Å². The highest BCUT2D eigenvalue weighted by Gasteiger charge is 1.90. The molecule has 0 unspecified atom stereocenters. The van der Waals surface area contributed by atoms with Crippen LogP contribution in [-0.2, 0) is 0 Å². The summed E-state index contributed by atoms with van der Waals surface area (Å²) < 4.78 is 0. The number of hydrogen-bond acceptors (Lipinski definition) is 0. The molecule has 0 spiro atoms. The van der Waals surface area contributed by atoms with Gasteiger partial charge in [-0.05, 0) is 18.8 Å². The molecule has 0 saturated carbocycles. The quantitative estimate of drug-likeness (QED) is 0.402. The maximum atomic E-state index is 3.61. The lowest BCUT2D eigenvalue weighted by Gasteiger charge is -1.99. The monoisotopic (exact) mass is 138 g/mol. The number of unbranched alkanes of at least 4 members (excludes halogenated alkanes) is 1. The van der Waals surface area contributed by atoms with Gasteiger partial charge in [-0.2, -0.15) is 0 Å². The van der Waals surface area contributed by atoms with Crippen LogP contribution in [0.1, 0.15) is 33.1 Å². The summed E-state index contributed by atoms with van der Waals surface area (Å²) in [5.41, 5.74) is 0. The third-order valence-corrected chi connectivity index (χ3v) is 1.42. The largest absolute Gasteiger partial charge is 0.0991 e. The van der Waals surface area contributed by atoms with E-state index in [9.17, 15) is 0 Å². The Balaban J connectivity index is 3.04. The lowest BCUT2D eigenvalue weighted by Crippen LogP contribution is -1.84. The molecule has 0 N–H and O–H groups in total. The lowest BCUT2D eigenvalue weighted by molar-refractivity contribution is 0.560. The molecule has 0 aliphatic heterocycles. The zero-order valence-electron chi connectivity index (χ0n) is 7.14. The van der Waals surface area contributed by atoms with Crippen LogP contribution < -0.4 is 0 Å². The molecule has 0 aliphatic rings. The molecule has 0 nitrogen and oxygen atoms in total. The molecular formula is C10H18. The normalized spacial score (nSPS) is 11.1. The average molecular weight is 138 g/mol. The SMILES string of the molecule is C=C/C=C/CCCC(C)C. The van der Waals surface area contributed by atoms with E-state index in [0.717, 1.165) is 5.92 Å². The second-order valence-electron chi connectivity index (χ2n) is 2.99. The Bertz CT molecular complexity index is 98.6. The van der Waals surface area contributed by atoms with Crippen LogP contribution in [0.4, 0.5) is 0 Å². The van der Waals surface area contributed by atoms with Gasteiger partial charge in [-0.1, -0.05) is 45.1 Å². The zero-order chi connectivity index (χ0) is 7.82. The van der Waals surface area contributed by atoms with Gasteiger partial charge in [-0.15, -0.1) is 0 Å². The van der Waals surface area contributed by atoms with Gasteiger partial charge in [0.15, 0.2) is 0 Å². The van der Waals surface area contributed by atoms with Gasteiger partial charge in [-0.3, -0.25) is 0 Å². The van der Waals surface area contributed by atoms with Crippen molar-refractivity contribution in [2.24, 2.45) is 5.92 Å². The van der Waals surface area contributed by atoms with Crippen molar-refractivity contribution in [1.82, 2.24) is 0 Å². The van der Waals surface area contributed by atoms with Gasteiger partial charge in [0.05, 0.1) is 0 Å². The summed E-state index contributed by atoms with van der Waals surface area (Å²) in [6.45, 7) is 8.13. The summed E-state index contributed by atoms with van der Waals surface area (Å²) in [5.74, 6) is 0.845. The van der Waals surface area contributed by atoms with E-state index >= 15 is 0 Å². The maximum absolute atomic E-state index is 3.61. The Morgan fingerprint density at radius 3 is 2.60 bits per heavy atom. The number of allylic oxidation sites excluding steroid dienone is 3. The first-order chi connectivity index (χ1) is 4.77. The predicted molar refractivity (Wildman–Crippen MR) is 48.0 cm³/mol. The van der Waals surface area contributed by atoms with E-state index in [1.54, 1.807) is 0 Å². The van der Waals surface area contributed by atoms with Crippen molar-refractivity contribution in [2.45, 2.75) is 33.1 Å². The Hall–Kier alpha value is -0.520. The van der Waals surface area contributed by atoms with Crippen LogP contribution >= 0.6 is 0 Å². The molecule has 0 amide bonds. The minimum atomic E-state index is 0.845. The molecule has 0 aromatic rings. The molecule has 0 rings (SSSR count). The molecule has 0 fully saturated rings. The Kier molecular flexibility index (Phi) is 6.25. The molecule has 0 atom stereocenters. The highest BCUT2D eigenvalue weighted by Crippen LogP contribution is 2.06. The van der Waals surface area contributed by atoms with Crippen molar-refractivity contribution < 1.29 is 0 Å². The van der Waals surface area contributed by atoms with Crippen molar-refractivity contribution >= 4 is 0 Å². The molecule has 0 radical (unpaired) electrons. The topological polar surface area (TPSA) is 0 Å². The number of rotatable bonds is 5. The van der Waals surface area contributed by atoms with E-state index < -0.39 is 0 Å². The third kappa shape index (κ3) is 7.48. The van der Waals surface area contributed by atoms with Crippen molar-refractivity contribution in [3.63, 3.8) is 0 Å². The predicted octanol–water partition coefficient (Wildman–Crippen LogP) is 3.55. The van der Waals surface area contributed by atoms with E-state index in [2.05, 4.69) is 26.5 Å². The summed E-state index contributed by atoms with van der Waals surface area (Å²) in [7, 11) is 0. The van der Waals surface area contributed by atoms with Crippen molar-refractivity contribution in [3.05, 3.63) is 24.8 Å². The summed E-state index contributed by atoms with van der Waals surface area (Å²) in [6, 6.07) is 0. The van der Waals surface area contributed by atoms with Crippen LogP contribution in [0.3, 0.4) is 0 Å². The maximum Gasteiger partial charge on any atom is -0.0348 e. The van der Waals surface area contributed by atoms with Crippen LogP contribution in [0.2, 0.25) is 0 Å². The molecule has 0 aromatic carbocycles. The molecule has 0 aliphatic carbocycles. The van der Waals surface area contributed by atoms with Crippen LogP contribution in [0.5, 0.6) is 0 Å². The first-order valence-corrected chi connectivity index (χ1v) is 4.05. The first kappa shape index (κ1) is 9.48. The summed E-state index contributed by atoms with van der Waals surface area (Å²) >= 11 is 0. The van der Waals surface area contributed by atoms with Crippen molar-refractivity contribution in [2.75, 3.05) is 0 Å². The smallest absolute Gasteiger partial charge is 0.0348 e. The Morgan fingerprint density at radius 1 is 1.40 bits per heavy atom. The number of hydrogen-bond donors (Lipinski definition) is 0. The minimum Gasteiger partial charge on any atom is -0.0991 e. The Labute approximate surface area is 64.6 Å². The van der Waals surface area contributed by atoms with E-state index in [1.165, 1.54) is 19.3 Å². The summed E-state index contributed by atoms with van der Waals surface area (Å²) in [4.78, 5) is 0. The average Bonchev–Trinajstić information content (AvgIpc) is 1.87. The molecule has 0 heteroatoms. The van der Waals surface area contributed by atoms with Crippen LogP contribution in [-0.4, -0.2) is 0 Å². The van der Waals surface area contributed by atoms with Gasteiger partial charge in [0.25, 0.3) is 0 Å². The standard InChI is InChI=1S/C10H18/c1-4-5-6-7-8-9-10(2)3/h4-6,10H,1,7-9H2,2-3H3/b6-5+. The minimum absolute atomic E-state index is 0.845. The molecule has 0 bridgehead atoms. The molecule has 10 heavy (non-hydrogen) atoms. The molecular weight excluding hydrogens is 120 g/mol. The second kappa shape index (κ2) is 6.60. The van der Waals surface area contributed by atoms with Gasteiger partial charge < -0.3 is 0 Å². The van der Waals surface area contributed by atoms with Crippen LogP contribution in [0.25, 0.3) is 0 Å². The highest BCUT2D eigenvalue weighted by atomic mass is 14.0. The molecule has 58 valence electrons. The highest BCUT2D eigenvalue weighted by molar-refractivity contribution is 4.96. The van der Waals surface area contributed by atoms with Gasteiger partial charge in [0, 0.05) is 0 Å². The Morgan fingerprint density at radius 2 is 2.10 bits per heavy atom. The zero-order valence-corrected chi connectivity index (χ0v) is 7.14. The van der Waals surface area contributed by atoms with Gasteiger partial charge in [-0.25, -0.2) is 0 Å². The van der Waals surface area contributed by atoms with E-state index in [0.29, 0.717) is 0 Å². The summed E-state index contributed by atoms with van der Waals surface area (Å²) in [6.07, 6.45) is 9.86. The third-order valence-electron chi connectivity index (χ3n) is 1.42. The fraction of sp³-hybridized carbons (Fsp3) is 0.600. The van der Waals surface area contributed by atoms with E-state index in [4.69, 9.17) is 0 Å². The van der Waals surface area contributed by atoms with Gasteiger partial charge >= 0.3 is 0 Å². The van der Waals surface area contributed by atoms with E-state index in [1.807, 2.05) is 12.2 Å². The second-order valence-corrected chi connectivity index (χ2v) is 2.99. The van der Waals surface area contributed by atoms with E-state index in [-0.39, 0.29) is 0 Å². The first-order valence-electron chi connectivity index (χ1n) is 4.05. The molecule has 0 saturated heterocycles. The molecule has 0 aromatic heterocycles. The van der Waals surface area contributed by atoms with Crippen molar-refractivity contribution in [1.29, 1.82) is 0 Å². The lowest BCUT2D eigenvalue weighted by atomic mass is 10.1. The fourth-order valence-electron chi connectivity index (χ4n) is 0.836. The van der Waals surface area contributed by atoms with Crippen LogP contribution in [0.15, 0.2) is 24.8 Å². The van der Waals surface area contributed by atoms with Crippen LogP contribution in [0, 0.1) is 5.92 Å². The van der Waals surface area contributed by atoms with Gasteiger partial charge in [0.1, 0.15) is 0 Å². The van der Waals surface area contributed by atoms with Crippen molar-refractivity contribution in [3.8, 4) is 0 Å². The summed E-state index contributed by atoms with van der Waals surface area (Å²) in [5, 5.41) is 0. The molecule has 0 heterocycles. The fourth-order valence-corrected chi connectivity index (χ4v) is 0.836.